The van der Waals surface area contributed by atoms with E-state index in [1.807, 2.05) is 53.9 Å². The second-order valence-electron chi connectivity index (χ2n) is 6.69. The van der Waals surface area contributed by atoms with Crippen molar-refractivity contribution in [2.75, 3.05) is 12.1 Å². The van der Waals surface area contributed by atoms with Gasteiger partial charge in [-0.05, 0) is 17.7 Å². The summed E-state index contributed by atoms with van der Waals surface area (Å²) in [5, 5.41) is 15.0. The molecular formula is C22H16N4O3S. The Labute approximate surface area is 175 Å². The van der Waals surface area contributed by atoms with Crippen LogP contribution in [-0.2, 0) is 13.1 Å². The van der Waals surface area contributed by atoms with Gasteiger partial charge in [-0.1, -0.05) is 30.3 Å². The van der Waals surface area contributed by atoms with E-state index in [1.54, 1.807) is 0 Å². The molecule has 0 aliphatic carbocycles. The highest BCUT2D eigenvalue weighted by atomic mass is 32.1. The van der Waals surface area contributed by atoms with Crippen LogP contribution in [0.5, 0.6) is 11.5 Å². The maximum atomic E-state index is 13.3. The topological polar surface area (TPSA) is 89.2 Å². The van der Waals surface area contributed by atoms with E-state index >= 15 is 0 Å². The summed E-state index contributed by atoms with van der Waals surface area (Å²) >= 11 is 1.43. The molecule has 0 amide bonds. The van der Waals surface area contributed by atoms with Crippen molar-refractivity contribution in [2.45, 2.75) is 13.1 Å². The molecule has 0 atom stereocenters. The molecule has 0 unspecified atom stereocenters. The Morgan fingerprint density at radius 2 is 2.00 bits per heavy atom. The molecule has 1 aliphatic heterocycles. The van der Waals surface area contributed by atoms with Gasteiger partial charge >= 0.3 is 0 Å². The normalized spacial score (nSPS) is 12.1. The molecule has 148 valence electrons. The molecule has 2 aromatic carbocycles. The van der Waals surface area contributed by atoms with Crippen LogP contribution < -0.4 is 20.3 Å². The Bertz CT molecular complexity index is 1340. The van der Waals surface area contributed by atoms with E-state index < -0.39 is 0 Å². The second kappa shape index (κ2) is 7.54. The van der Waals surface area contributed by atoms with Crippen molar-refractivity contribution in [3.63, 3.8) is 0 Å². The minimum Gasteiger partial charge on any atom is -0.454 e. The molecule has 1 N–H and O–H groups in total. The van der Waals surface area contributed by atoms with Crippen LogP contribution in [0.3, 0.4) is 0 Å². The van der Waals surface area contributed by atoms with Gasteiger partial charge in [-0.2, -0.15) is 5.26 Å². The second-order valence-corrected chi connectivity index (χ2v) is 7.55. The lowest BCUT2D eigenvalue weighted by Crippen LogP contribution is -2.26. The highest BCUT2D eigenvalue weighted by Gasteiger charge is 2.18. The maximum Gasteiger partial charge on any atom is 0.263 e. The van der Waals surface area contributed by atoms with Gasteiger partial charge in [-0.3, -0.25) is 9.36 Å². The van der Waals surface area contributed by atoms with E-state index in [1.165, 1.54) is 15.9 Å². The molecule has 0 saturated carbocycles. The van der Waals surface area contributed by atoms with Crippen molar-refractivity contribution in [3.05, 3.63) is 70.1 Å². The summed E-state index contributed by atoms with van der Waals surface area (Å²) in [7, 11) is 0. The number of anilines is 1. The fourth-order valence-corrected chi connectivity index (χ4v) is 4.41. The first kappa shape index (κ1) is 18.2. The standard InChI is InChI=1S/C22H16N4O3S/c23-8-9-26-19(11-24-15-6-7-17-18(10-15)29-13-28-17)25-21-20(22(26)27)16(12-30-21)14-4-2-1-3-5-14/h1-7,10,12,24H,9,11,13H2. The number of thiophene rings is 1. The molecule has 1 aliphatic rings. The fourth-order valence-electron chi connectivity index (χ4n) is 3.45. The highest BCUT2D eigenvalue weighted by molar-refractivity contribution is 7.17. The van der Waals surface area contributed by atoms with Gasteiger partial charge < -0.3 is 14.8 Å². The van der Waals surface area contributed by atoms with Crippen molar-refractivity contribution in [1.82, 2.24) is 9.55 Å². The SMILES string of the molecule is N#CCn1c(CNc2ccc3c(c2)OCO3)nc2scc(-c3ccccc3)c2c1=O. The predicted molar refractivity (Wildman–Crippen MR) is 115 cm³/mol. The molecule has 2 aromatic heterocycles. The van der Waals surface area contributed by atoms with E-state index in [-0.39, 0.29) is 18.9 Å². The van der Waals surface area contributed by atoms with Crippen molar-refractivity contribution in [2.24, 2.45) is 0 Å². The van der Waals surface area contributed by atoms with E-state index in [2.05, 4.69) is 11.4 Å². The van der Waals surface area contributed by atoms with Gasteiger partial charge in [0.1, 0.15) is 17.2 Å². The largest absolute Gasteiger partial charge is 0.454 e. The quantitative estimate of drug-likeness (QED) is 0.529. The van der Waals surface area contributed by atoms with Crippen LogP contribution in [0, 0.1) is 11.3 Å². The van der Waals surface area contributed by atoms with Crippen molar-refractivity contribution in [1.29, 1.82) is 5.26 Å². The Morgan fingerprint density at radius 1 is 1.17 bits per heavy atom. The number of fused-ring (bicyclic) bond motifs is 2. The van der Waals surface area contributed by atoms with Crippen molar-refractivity contribution < 1.29 is 9.47 Å². The van der Waals surface area contributed by atoms with Gasteiger partial charge in [0, 0.05) is 22.7 Å². The monoisotopic (exact) mass is 416 g/mol. The van der Waals surface area contributed by atoms with Crippen LogP contribution in [0.25, 0.3) is 21.3 Å². The molecule has 0 bridgehead atoms. The molecule has 30 heavy (non-hydrogen) atoms. The number of nitrogens with one attached hydrogen (secondary N) is 1. The molecule has 0 spiro atoms. The van der Waals surface area contributed by atoms with Crippen LogP contribution in [-0.4, -0.2) is 16.3 Å². The first-order valence-corrected chi connectivity index (χ1v) is 10.2. The third kappa shape index (κ3) is 3.15. The lowest BCUT2D eigenvalue weighted by atomic mass is 10.1. The summed E-state index contributed by atoms with van der Waals surface area (Å²) in [4.78, 5) is 18.6. The zero-order valence-electron chi connectivity index (χ0n) is 15.8. The number of benzene rings is 2. The van der Waals surface area contributed by atoms with Gasteiger partial charge in [0.05, 0.1) is 18.0 Å². The zero-order chi connectivity index (χ0) is 20.5. The van der Waals surface area contributed by atoms with E-state index in [0.29, 0.717) is 34.1 Å². The van der Waals surface area contributed by atoms with Crippen LogP contribution in [0.4, 0.5) is 5.69 Å². The minimum atomic E-state index is -0.205. The molecule has 7 nitrogen and oxygen atoms in total. The van der Waals surface area contributed by atoms with Gasteiger partial charge in [0.25, 0.3) is 5.56 Å². The number of nitriles is 1. The van der Waals surface area contributed by atoms with Gasteiger partial charge in [-0.25, -0.2) is 4.98 Å². The highest BCUT2D eigenvalue weighted by Crippen LogP contribution is 2.34. The molecule has 5 rings (SSSR count). The summed E-state index contributed by atoms with van der Waals surface area (Å²) in [6.45, 7) is 0.440. The fraction of sp³-hybridized carbons (Fsp3) is 0.136. The minimum absolute atomic E-state index is 0.0655. The van der Waals surface area contributed by atoms with Gasteiger partial charge in [-0.15, -0.1) is 11.3 Å². The Morgan fingerprint density at radius 3 is 2.83 bits per heavy atom. The number of hydrogen-bond donors (Lipinski definition) is 1. The lowest BCUT2D eigenvalue weighted by molar-refractivity contribution is 0.174. The molecule has 0 radical (unpaired) electrons. The molecule has 8 heteroatoms. The van der Waals surface area contributed by atoms with Crippen molar-refractivity contribution >= 4 is 27.2 Å². The smallest absolute Gasteiger partial charge is 0.263 e. The van der Waals surface area contributed by atoms with E-state index in [0.717, 1.165) is 16.8 Å². The van der Waals surface area contributed by atoms with Crippen LogP contribution in [0.15, 0.2) is 58.7 Å². The molecule has 4 aromatic rings. The number of rotatable bonds is 5. The Kier molecular flexibility index (Phi) is 4.58. The number of hydrogen-bond acceptors (Lipinski definition) is 7. The summed E-state index contributed by atoms with van der Waals surface area (Å²) in [5.41, 5.74) is 2.41. The summed E-state index contributed by atoms with van der Waals surface area (Å²) in [5.74, 6) is 1.88. The third-order valence-corrected chi connectivity index (χ3v) is 5.78. The van der Waals surface area contributed by atoms with Crippen LogP contribution in [0.1, 0.15) is 5.82 Å². The zero-order valence-corrected chi connectivity index (χ0v) is 16.6. The summed E-state index contributed by atoms with van der Waals surface area (Å²) in [6.07, 6.45) is 0. The summed E-state index contributed by atoms with van der Waals surface area (Å²) in [6, 6.07) is 17.3. The number of aromatic nitrogens is 2. The molecular weight excluding hydrogens is 400 g/mol. The van der Waals surface area contributed by atoms with Crippen molar-refractivity contribution in [3.8, 4) is 28.7 Å². The maximum absolute atomic E-state index is 13.3. The molecule has 0 fully saturated rings. The summed E-state index contributed by atoms with van der Waals surface area (Å²) < 4.78 is 12.2. The van der Waals surface area contributed by atoms with Gasteiger partial charge in [0.15, 0.2) is 11.5 Å². The number of nitrogens with zero attached hydrogens (tertiary/aromatic N) is 3. The first-order valence-electron chi connectivity index (χ1n) is 9.31. The van der Waals surface area contributed by atoms with Gasteiger partial charge in [0.2, 0.25) is 6.79 Å². The van der Waals surface area contributed by atoms with Crippen LogP contribution >= 0.6 is 11.3 Å². The predicted octanol–water partition coefficient (Wildman–Crippen LogP) is 3.99. The number of ether oxygens (including phenoxy) is 2. The third-order valence-electron chi connectivity index (χ3n) is 4.91. The van der Waals surface area contributed by atoms with E-state index in [9.17, 15) is 10.1 Å². The lowest BCUT2D eigenvalue weighted by Gasteiger charge is -2.12. The average molecular weight is 416 g/mol. The molecule has 3 heterocycles. The first-order chi connectivity index (χ1) is 14.7. The Hall–Kier alpha value is -3.83. The average Bonchev–Trinajstić information content (AvgIpc) is 3.42. The molecule has 0 saturated heterocycles. The van der Waals surface area contributed by atoms with E-state index in [4.69, 9.17) is 14.5 Å². The van der Waals surface area contributed by atoms with Crippen LogP contribution in [0.2, 0.25) is 0 Å². The Balaban J connectivity index is 1.53.